The number of carbonyl (C=O) groups excluding carboxylic acids is 2. The van der Waals surface area contributed by atoms with Crippen LogP contribution in [0, 0.1) is 11.8 Å². The molecule has 0 aliphatic heterocycles. The Bertz CT molecular complexity index is 555. The largest absolute Gasteiger partial charge is 0.495 e. The Labute approximate surface area is 122 Å². The Balaban J connectivity index is 2.83. The number of rotatable bonds is 4. The molecule has 106 valence electrons. The van der Waals surface area contributed by atoms with Gasteiger partial charge >= 0.3 is 5.97 Å². The first-order valence-electron chi connectivity index (χ1n) is 5.97. The van der Waals surface area contributed by atoms with Crippen molar-refractivity contribution in [1.29, 1.82) is 0 Å². The van der Waals surface area contributed by atoms with Gasteiger partial charge in [0.25, 0.3) is 0 Å². The van der Waals surface area contributed by atoms with Crippen LogP contribution in [0.15, 0.2) is 18.2 Å². The molecule has 4 nitrogen and oxygen atoms in total. The molecular formula is C15H16O4S. The maximum absolute atomic E-state index is 11.5. The van der Waals surface area contributed by atoms with Gasteiger partial charge in [0.05, 0.1) is 25.3 Å². The van der Waals surface area contributed by atoms with E-state index in [2.05, 4.69) is 16.6 Å². The predicted octanol–water partition coefficient (Wildman–Crippen LogP) is 2.50. The Morgan fingerprint density at radius 2 is 2.05 bits per heavy atom. The Morgan fingerprint density at radius 3 is 2.65 bits per heavy atom. The third kappa shape index (κ3) is 4.98. The minimum Gasteiger partial charge on any atom is -0.495 e. The van der Waals surface area contributed by atoms with E-state index in [-0.39, 0.29) is 5.12 Å². The second-order valence-electron chi connectivity index (χ2n) is 3.80. The average molecular weight is 292 g/mol. The number of thioether (sulfide) groups is 1. The molecule has 0 bridgehead atoms. The zero-order valence-electron chi connectivity index (χ0n) is 11.7. The lowest BCUT2D eigenvalue weighted by Gasteiger charge is -2.05. The average Bonchev–Trinajstić information content (AvgIpc) is 2.45. The van der Waals surface area contributed by atoms with E-state index < -0.39 is 5.97 Å². The molecule has 0 aliphatic rings. The van der Waals surface area contributed by atoms with Gasteiger partial charge in [-0.25, -0.2) is 4.79 Å². The van der Waals surface area contributed by atoms with Crippen molar-refractivity contribution in [2.45, 2.75) is 13.3 Å². The predicted molar refractivity (Wildman–Crippen MR) is 79.0 cm³/mol. The maximum Gasteiger partial charge on any atom is 0.337 e. The number of methoxy groups -OCH3 is 2. The van der Waals surface area contributed by atoms with E-state index in [0.29, 0.717) is 29.1 Å². The number of hydrogen-bond donors (Lipinski definition) is 0. The van der Waals surface area contributed by atoms with Gasteiger partial charge in [-0.1, -0.05) is 23.6 Å². The number of carbonyl (C=O) groups is 2. The summed E-state index contributed by atoms with van der Waals surface area (Å²) in [7, 11) is 2.88. The first-order chi connectivity index (χ1) is 9.58. The normalized spacial score (nSPS) is 9.35. The molecule has 0 heterocycles. The lowest BCUT2D eigenvalue weighted by Crippen LogP contribution is -2.02. The van der Waals surface area contributed by atoms with E-state index in [1.807, 2.05) is 0 Å². The van der Waals surface area contributed by atoms with E-state index in [4.69, 9.17) is 4.74 Å². The van der Waals surface area contributed by atoms with E-state index in [0.717, 1.165) is 0 Å². The summed E-state index contributed by atoms with van der Waals surface area (Å²) < 4.78 is 9.86. The quantitative estimate of drug-likeness (QED) is 0.485. The molecule has 0 radical (unpaired) electrons. The highest BCUT2D eigenvalue weighted by Gasteiger charge is 2.08. The van der Waals surface area contributed by atoms with E-state index in [1.54, 1.807) is 25.3 Å². The van der Waals surface area contributed by atoms with Crippen molar-refractivity contribution < 1.29 is 19.1 Å². The topological polar surface area (TPSA) is 52.6 Å². The molecule has 0 N–H and O–H groups in total. The zero-order valence-corrected chi connectivity index (χ0v) is 12.5. The zero-order chi connectivity index (χ0) is 15.0. The van der Waals surface area contributed by atoms with Crippen molar-refractivity contribution in [3.63, 3.8) is 0 Å². The molecule has 0 atom stereocenters. The minimum atomic E-state index is -0.414. The van der Waals surface area contributed by atoms with Crippen molar-refractivity contribution in [3.8, 4) is 17.6 Å². The minimum absolute atomic E-state index is 0.0806. The molecule has 0 aromatic heterocycles. The van der Waals surface area contributed by atoms with Gasteiger partial charge in [0.15, 0.2) is 5.12 Å². The summed E-state index contributed by atoms with van der Waals surface area (Å²) in [6.45, 7) is 1.53. The summed E-state index contributed by atoms with van der Waals surface area (Å²) in [4.78, 5) is 22.2. The lowest BCUT2D eigenvalue weighted by atomic mass is 10.1. The van der Waals surface area contributed by atoms with Crippen LogP contribution in [0.4, 0.5) is 0 Å². The summed E-state index contributed by atoms with van der Waals surface area (Å²) in [5, 5.41) is 0.0806. The Morgan fingerprint density at radius 1 is 1.30 bits per heavy atom. The van der Waals surface area contributed by atoms with E-state index in [9.17, 15) is 9.59 Å². The fourth-order valence-corrected chi connectivity index (χ4v) is 1.95. The van der Waals surface area contributed by atoms with Crippen molar-refractivity contribution in [3.05, 3.63) is 29.3 Å². The third-order valence-electron chi connectivity index (χ3n) is 2.38. The summed E-state index contributed by atoms with van der Waals surface area (Å²) in [5.74, 6) is 6.75. The summed E-state index contributed by atoms with van der Waals surface area (Å²) >= 11 is 1.24. The molecule has 1 aromatic carbocycles. The number of esters is 1. The van der Waals surface area contributed by atoms with Gasteiger partial charge in [-0.2, -0.15) is 0 Å². The van der Waals surface area contributed by atoms with Crippen molar-refractivity contribution in [2.24, 2.45) is 0 Å². The third-order valence-corrected chi connectivity index (χ3v) is 3.19. The number of ether oxygens (including phenoxy) is 2. The van der Waals surface area contributed by atoms with Gasteiger partial charge < -0.3 is 9.47 Å². The smallest absolute Gasteiger partial charge is 0.337 e. The van der Waals surface area contributed by atoms with Gasteiger partial charge in [-0.15, -0.1) is 0 Å². The highest BCUT2D eigenvalue weighted by atomic mass is 32.2. The fraction of sp³-hybridized carbons (Fsp3) is 0.333. The summed E-state index contributed by atoms with van der Waals surface area (Å²) in [6.07, 6.45) is 0.593. The lowest BCUT2D eigenvalue weighted by molar-refractivity contribution is -0.109. The van der Waals surface area contributed by atoms with Crippen LogP contribution in [0.3, 0.4) is 0 Å². The maximum atomic E-state index is 11.5. The molecule has 0 amide bonds. The van der Waals surface area contributed by atoms with Gasteiger partial charge in [0.1, 0.15) is 5.75 Å². The number of benzene rings is 1. The van der Waals surface area contributed by atoms with Crippen molar-refractivity contribution >= 4 is 22.8 Å². The Hall–Kier alpha value is -1.93. The Kier molecular flexibility index (Phi) is 6.68. The van der Waals surface area contributed by atoms with E-state index >= 15 is 0 Å². The molecule has 0 saturated carbocycles. The number of hydrogen-bond acceptors (Lipinski definition) is 5. The molecule has 1 aromatic rings. The standard InChI is InChI=1S/C15H16O4S/c1-11(16)20-9-5-4-6-12-10-13(15(17)19-3)7-8-14(12)18-2/h7-8,10H,5,9H2,1-3H3. The van der Waals surface area contributed by atoms with Crippen LogP contribution in [0.2, 0.25) is 0 Å². The molecule has 0 aliphatic carbocycles. The van der Waals surface area contributed by atoms with E-state index in [1.165, 1.54) is 25.8 Å². The first kappa shape index (κ1) is 16.1. The molecule has 0 spiro atoms. The fourth-order valence-electron chi connectivity index (χ4n) is 1.45. The monoisotopic (exact) mass is 292 g/mol. The summed E-state index contributed by atoms with van der Waals surface area (Å²) in [5.41, 5.74) is 1.05. The second kappa shape index (κ2) is 8.28. The van der Waals surface area contributed by atoms with Crippen molar-refractivity contribution in [2.75, 3.05) is 20.0 Å². The van der Waals surface area contributed by atoms with Crippen LogP contribution in [0.1, 0.15) is 29.3 Å². The second-order valence-corrected chi connectivity index (χ2v) is 5.07. The van der Waals surface area contributed by atoms with Crippen LogP contribution in [0.25, 0.3) is 0 Å². The highest BCUT2D eigenvalue weighted by Crippen LogP contribution is 2.19. The van der Waals surface area contributed by atoms with Gasteiger partial charge in [0.2, 0.25) is 0 Å². The van der Waals surface area contributed by atoms with Gasteiger partial charge in [-0.3, -0.25) is 4.79 Å². The molecule has 0 saturated heterocycles. The molecule has 20 heavy (non-hydrogen) atoms. The SMILES string of the molecule is COC(=O)c1ccc(OC)c(C#CCCSC(C)=O)c1. The van der Waals surface area contributed by atoms with Crippen LogP contribution in [0.5, 0.6) is 5.75 Å². The highest BCUT2D eigenvalue weighted by molar-refractivity contribution is 8.13. The van der Waals surface area contributed by atoms with Crippen LogP contribution in [-0.2, 0) is 9.53 Å². The first-order valence-corrected chi connectivity index (χ1v) is 6.95. The van der Waals surface area contributed by atoms with Crippen molar-refractivity contribution in [1.82, 2.24) is 0 Å². The molecule has 0 fully saturated rings. The summed E-state index contributed by atoms with van der Waals surface area (Å²) in [6, 6.07) is 4.94. The van der Waals surface area contributed by atoms with Gasteiger partial charge in [-0.05, 0) is 18.2 Å². The molecule has 5 heteroatoms. The van der Waals surface area contributed by atoms with Crippen LogP contribution < -0.4 is 4.74 Å². The molecule has 1 rings (SSSR count). The van der Waals surface area contributed by atoms with Crippen LogP contribution >= 0.6 is 11.8 Å². The van der Waals surface area contributed by atoms with Crippen LogP contribution in [-0.4, -0.2) is 31.1 Å². The molecule has 0 unspecified atom stereocenters. The van der Waals surface area contributed by atoms with Gasteiger partial charge in [0, 0.05) is 19.1 Å². The molecular weight excluding hydrogens is 276 g/mol.